The smallest absolute Gasteiger partial charge is 0.344 e. The van der Waals surface area contributed by atoms with Crippen LogP contribution in [0.5, 0.6) is 0 Å². The van der Waals surface area contributed by atoms with Gasteiger partial charge in [-0.1, -0.05) is 18.2 Å². The van der Waals surface area contributed by atoms with Crippen molar-refractivity contribution in [3.8, 4) is 0 Å². The van der Waals surface area contributed by atoms with Crippen LogP contribution >= 0.6 is 0 Å². The van der Waals surface area contributed by atoms with Crippen LogP contribution in [-0.2, 0) is 7.05 Å². The molecule has 0 atom stereocenters. The quantitative estimate of drug-likeness (QED) is 0.765. The fourth-order valence-electron chi connectivity index (χ4n) is 2.00. The van der Waals surface area contributed by atoms with Crippen molar-refractivity contribution >= 4 is 22.5 Å². The van der Waals surface area contributed by atoms with E-state index in [4.69, 9.17) is 4.42 Å². The molecule has 1 aromatic carbocycles. The Morgan fingerprint density at radius 3 is 2.86 bits per heavy atom. The van der Waals surface area contributed by atoms with E-state index in [2.05, 4.69) is 10.3 Å². The molecule has 22 heavy (non-hydrogen) atoms. The lowest BCUT2D eigenvalue weighted by molar-refractivity contribution is 0.0992. The second-order valence-corrected chi connectivity index (χ2v) is 4.63. The molecule has 1 N–H and O–H groups in total. The zero-order valence-electron chi connectivity index (χ0n) is 11.6. The highest BCUT2D eigenvalue weighted by Crippen LogP contribution is 2.12. The molecule has 7 nitrogen and oxygen atoms in total. The minimum atomic E-state index is -0.710. The first kappa shape index (κ1) is 13.7. The summed E-state index contributed by atoms with van der Waals surface area (Å²) >= 11 is 0. The Labute approximate surface area is 123 Å². The molecule has 0 aliphatic heterocycles. The fourth-order valence-corrected chi connectivity index (χ4v) is 2.00. The summed E-state index contributed by atoms with van der Waals surface area (Å²) in [6.45, 7) is 0. The summed E-state index contributed by atoms with van der Waals surface area (Å²) < 4.78 is 6.27. The topological polar surface area (TPSA) is 94.2 Å². The van der Waals surface area contributed by atoms with Crippen LogP contribution < -0.4 is 16.5 Å². The van der Waals surface area contributed by atoms with Crippen molar-refractivity contribution in [3.05, 3.63) is 69.3 Å². The third-order valence-corrected chi connectivity index (χ3v) is 3.14. The van der Waals surface area contributed by atoms with Crippen LogP contribution in [-0.4, -0.2) is 15.5 Å². The Hall–Kier alpha value is -3.22. The molecule has 0 aliphatic carbocycles. The number of nitrogens with zero attached hydrogens (tertiary/aromatic N) is 2. The van der Waals surface area contributed by atoms with Gasteiger partial charge in [0.25, 0.3) is 11.5 Å². The first-order chi connectivity index (χ1) is 10.6. The number of amides is 1. The van der Waals surface area contributed by atoms with E-state index in [0.717, 1.165) is 0 Å². The van der Waals surface area contributed by atoms with Crippen molar-refractivity contribution in [2.45, 2.75) is 0 Å². The van der Waals surface area contributed by atoms with Crippen LogP contribution in [0.3, 0.4) is 0 Å². The Kier molecular flexibility index (Phi) is 3.30. The molecule has 0 spiro atoms. The predicted octanol–water partition coefficient (Wildman–Crippen LogP) is 1.14. The van der Waals surface area contributed by atoms with Crippen molar-refractivity contribution in [2.24, 2.45) is 7.05 Å². The van der Waals surface area contributed by atoms with Crippen molar-refractivity contribution < 1.29 is 9.21 Å². The number of carbonyl (C=O) groups excluding carboxylic acids is 1. The van der Waals surface area contributed by atoms with Crippen molar-refractivity contribution in [1.82, 2.24) is 9.55 Å². The van der Waals surface area contributed by atoms with Gasteiger partial charge in [0.1, 0.15) is 0 Å². The number of nitrogens with one attached hydrogen (secondary N) is 1. The summed E-state index contributed by atoms with van der Waals surface area (Å²) in [4.78, 5) is 39.6. The van der Waals surface area contributed by atoms with Crippen LogP contribution in [0.2, 0.25) is 0 Å². The number of hydrogen-bond acceptors (Lipinski definition) is 5. The Balaban J connectivity index is 2.01. The van der Waals surface area contributed by atoms with E-state index < -0.39 is 17.1 Å². The van der Waals surface area contributed by atoms with Gasteiger partial charge >= 0.3 is 5.63 Å². The zero-order valence-corrected chi connectivity index (χ0v) is 11.6. The molecule has 1 amide bonds. The molecule has 2 aromatic heterocycles. The number of carbonyl (C=O) groups is 1. The summed E-state index contributed by atoms with van der Waals surface area (Å²) in [5.41, 5.74) is -1.07. The molecule has 3 aromatic rings. The zero-order chi connectivity index (χ0) is 15.7. The molecule has 110 valence electrons. The highest BCUT2D eigenvalue weighted by molar-refractivity contribution is 6.03. The van der Waals surface area contributed by atoms with Crippen molar-refractivity contribution in [3.63, 3.8) is 0 Å². The minimum Gasteiger partial charge on any atom is -0.417 e. The van der Waals surface area contributed by atoms with E-state index in [9.17, 15) is 14.4 Å². The van der Waals surface area contributed by atoms with Gasteiger partial charge in [0.05, 0.1) is 5.39 Å². The van der Waals surface area contributed by atoms with Gasteiger partial charge in [-0.25, -0.2) is 9.78 Å². The predicted molar refractivity (Wildman–Crippen MR) is 79.9 cm³/mol. The molecular weight excluding hydrogens is 286 g/mol. The van der Waals surface area contributed by atoms with Gasteiger partial charge < -0.3 is 8.98 Å². The maximum Gasteiger partial charge on any atom is 0.344 e. The maximum absolute atomic E-state index is 12.1. The number of hydrogen-bond donors (Lipinski definition) is 1. The standard InChI is InChI=1S/C15H11N3O4/c1-18-7-6-16-12(14(18)20)17-13(19)11-8-9-4-2-3-5-10(9)15(21)22-11/h2-8H,1H3,(H,16,17,19). The largest absolute Gasteiger partial charge is 0.417 e. The normalized spacial score (nSPS) is 10.6. The molecule has 0 saturated heterocycles. The molecule has 0 unspecified atom stereocenters. The van der Waals surface area contributed by atoms with E-state index in [0.29, 0.717) is 10.8 Å². The van der Waals surface area contributed by atoms with E-state index in [1.165, 1.54) is 30.1 Å². The number of benzene rings is 1. The van der Waals surface area contributed by atoms with Gasteiger partial charge in [-0.2, -0.15) is 0 Å². The summed E-state index contributed by atoms with van der Waals surface area (Å²) in [5.74, 6) is -1.03. The average Bonchev–Trinajstić information content (AvgIpc) is 2.52. The summed E-state index contributed by atoms with van der Waals surface area (Å²) in [6.07, 6.45) is 2.85. The molecule has 3 rings (SSSR count). The Morgan fingerprint density at radius 2 is 2.05 bits per heavy atom. The molecule has 0 saturated carbocycles. The highest BCUT2D eigenvalue weighted by atomic mass is 16.4. The third-order valence-electron chi connectivity index (χ3n) is 3.14. The van der Waals surface area contributed by atoms with E-state index in [1.54, 1.807) is 24.3 Å². The molecule has 0 aliphatic rings. The third kappa shape index (κ3) is 2.39. The maximum atomic E-state index is 12.1. The average molecular weight is 297 g/mol. The molecule has 7 heteroatoms. The van der Waals surface area contributed by atoms with Crippen LogP contribution in [0.4, 0.5) is 5.82 Å². The fraction of sp³-hybridized carbons (Fsp3) is 0.0667. The van der Waals surface area contributed by atoms with Crippen LogP contribution in [0, 0.1) is 0 Å². The van der Waals surface area contributed by atoms with Gasteiger partial charge in [0, 0.05) is 19.4 Å². The Morgan fingerprint density at radius 1 is 1.27 bits per heavy atom. The van der Waals surface area contributed by atoms with Crippen LogP contribution in [0.1, 0.15) is 10.6 Å². The monoisotopic (exact) mass is 297 g/mol. The summed E-state index contributed by atoms with van der Waals surface area (Å²) in [6, 6.07) is 8.20. The van der Waals surface area contributed by atoms with Gasteiger partial charge in [0.2, 0.25) is 0 Å². The van der Waals surface area contributed by atoms with Crippen molar-refractivity contribution in [1.29, 1.82) is 0 Å². The van der Waals surface area contributed by atoms with Crippen molar-refractivity contribution in [2.75, 3.05) is 5.32 Å². The number of anilines is 1. The van der Waals surface area contributed by atoms with E-state index in [1.807, 2.05) is 0 Å². The molecule has 0 bridgehead atoms. The summed E-state index contributed by atoms with van der Waals surface area (Å²) in [7, 11) is 1.54. The second kappa shape index (κ2) is 5.28. The first-order valence-electron chi connectivity index (χ1n) is 6.42. The molecule has 0 radical (unpaired) electrons. The highest BCUT2D eigenvalue weighted by Gasteiger charge is 2.14. The van der Waals surface area contributed by atoms with E-state index >= 15 is 0 Å². The van der Waals surface area contributed by atoms with Gasteiger partial charge in [-0.3, -0.25) is 14.9 Å². The molecule has 2 heterocycles. The minimum absolute atomic E-state index is 0.134. The van der Waals surface area contributed by atoms with Crippen LogP contribution in [0.25, 0.3) is 10.8 Å². The van der Waals surface area contributed by atoms with Gasteiger partial charge in [-0.05, 0) is 17.5 Å². The lowest BCUT2D eigenvalue weighted by Gasteiger charge is -2.05. The Bertz CT molecular complexity index is 988. The van der Waals surface area contributed by atoms with E-state index in [-0.39, 0.29) is 11.6 Å². The second-order valence-electron chi connectivity index (χ2n) is 4.63. The first-order valence-corrected chi connectivity index (χ1v) is 6.42. The SMILES string of the molecule is Cn1ccnc(NC(=O)c2cc3ccccc3c(=O)o2)c1=O. The number of fused-ring (bicyclic) bond motifs is 1. The lowest BCUT2D eigenvalue weighted by atomic mass is 10.1. The van der Waals surface area contributed by atoms with Crippen LogP contribution in [0.15, 0.2) is 56.7 Å². The van der Waals surface area contributed by atoms with Gasteiger partial charge in [-0.15, -0.1) is 0 Å². The van der Waals surface area contributed by atoms with Gasteiger partial charge in [0.15, 0.2) is 11.6 Å². The lowest BCUT2D eigenvalue weighted by Crippen LogP contribution is -2.25. The summed E-state index contributed by atoms with van der Waals surface area (Å²) in [5, 5.41) is 3.31. The number of aromatic nitrogens is 2. The number of aryl methyl sites for hydroxylation is 1. The number of rotatable bonds is 2. The molecule has 0 fully saturated rings. The molecular formula is C15H11N3O4.